The molecule has 0 radical (unpaired) electrons. The maximum absolute atomic E-state index is 12.5. The third-order valence-electron chi connectivity index (χ3n) is 3.33. The van der Waals surface area contributed by atoms with Gasteiger partial charge in [-0.1, -0.05) is 47.3 Å². The van der Waals surface area contributed by atoms with E-state index in [9.17, 15) is 21.6 Å². The number of alkyl halides is 4. The Labute approximate surface area is 126 Å². The maximum Gasteiger partial charge on any atom is 0.511 e. The zero-order valence-corrected chi connectivity index (χ0v) is 13.5. The molecule has 1 fully saturated rings. The SMILES string of the molecule is O=S(=O)(N(C/C=C/C1CCCCC1)CCBr)C(F)(F)F. The van der Waals surface area contributed by atoms with Gasteiger partial charge in [0.25, 0.3) is 0 Å². The van der Waals surface area contributed by atoms with Crippen LogP contribution in [-0.4, -0.2) is 36.7 Å². The van der Waals surface area contributed by atoms with E-state index < -0.39 is 15.5 Å². The number of hydrogen-bond donors (Lipinski definition) is 0. The molecule has 0 aromatic rings. The lowest BCUT2D eigenvalue weighted by Crippen LogP contribution is -2.41. The summed E-state index contributed by atoms with van der Waals surface area (Å²) >= 11 is 2.98. The van der Waals surface area contributed by atoms with E-state index in [2.05, 4.69) is 15.9 Å². The van der Waals surface area contributed by atoms with Gasteiger partial charge >= 0.3 is 15.5 Å². The van der Waals surface area contributed by atoms with Crippen molar-refractivity contribution < 1.29 is 21.6 Å². The molecule has 0 unspecified atom stereocenters. The van der Waals surface area contributed by atoms with E-state index in [1.54, 1.807) is 6.08 Å². The quantitative estimate of drug-likeness (QED) is 0.523. The van der Waals surface area contributed by atoms with Crippen LogP contribution in [0.2, 0.25) is 0 Å². The van der Waals surface area contributed by atoms with Gasteiger partial charge in [0.2, 0.25) is 0 Å². The summed E-state index contributed by atoms with van der Waals surface area (Å²) in [5.41, 5.74) is -5.24. The average molecular weight is 378 g/mol. The van der Waals surface area contributed by atoms with E-state index in [4.69, 9.17) is 0 Å². The Bertz CT molecular complexity index is 417. The number of nitrogens with zero attached hydrogens (tertiary/aromatic N) is 1. The van der Waals surface area contributed by atoms with Crippen LogP contribution in [0.3, 0.4) is 0 Å². The minimum Gasteiger partial charge on any atom is -0.203 e. The topological polar surface area (TPSA) is 37.4 Å². The molecule has 118 valence electrons. The highest BCUT2D eigenvalue weighted by Gasteiger charge is 2.49. The molecule has 0 saturated heterocycles. The molecule has 0 amide bonds. The molecule has 1 aliphatic carbocycles. The summed E-state index contributed by atoms with van der Waals surface area (Å²) in [4.78, 5) is 0. The van der Waals surface area contributed by atoms with E-state index >= 15 is 0 Å². The van der Waals surface area contributed by atoms with Crippen LogP contribution < -0.4 is 0 Å². The van der Waals surface area contributed by atoms with Crippen molar-refractivity contribution in [1.29, 1.82) is 0 Å². The highest BCUT2D eigenvalue weighted by molar-refractivity contribution is 9.09. The summed E-state index contributed by atoms with van der Waals surface area (Å²) < 4.78 is 60.8. The highest BCUT2D eigenvalue weighted by atomic mass is 79.9. The van der Waals surface area contributed by atoms with Gasteiger partial charge in [-0.2, -0.15) is 17.5 Å². The Morgan fingerprint density at radius 3 is 2.30 bits per heavy atom. The minimum absolute atomic E-state index is 0.166. The van der Waals surface area contributed by atoms with E-state index in [1.165, 1.54) is 6.42 Å². The summed E-state index contributed by atoms with van der Waals surface area (Å²) in [5.74, 6) is 0.364. The van der Waals surface area contributed by atoms with E-state index in [0.717, 1.165) is 25.7 Å². The smallest absolute Gasteiger partial charge is 0.203 e. The van der Waals surface area contributed by atoms with Gasteiger partial charge in [0, 0.05) is 18.4 Å². The first-order valence-corrected chi connectivity index (χ1v) is 9.14. The number of hydrogen-bond acceptors (Lipinski definition) is 2. The standard InChI is InChI=1S/C12H19BrF3NO2S/c13-8-10-17(20(18,19)12(14,15)16)9-4-7-11-5-2-1-3-6-11/h4,7,11H,1-3,5-6,8-10H2/b7-4+. The lowest BCUT2D eigenvalue weighted by Gasteiger charge is -2.22. The molecule has 1 rings (SSSR count). The van der Waals surface area contributed by atoms with Gasteiger partial charge in [-0.05, 0) is 18.8 Å². The Kier molecular flexibility index (Phi) is 7.00. The largest absolute Gasteiger partial charge is 0.511 e. The second-order valence-electron chi connectivity index (χ2n) is 4.82. The summed E-state index contributed by atoms with van der Waals surface area (Å²) in [6, 6.07) is 0. The Hall–Kier alpha value is -0.0800. The van der Waals surface area contributed by atoms with Crippen LogP contribution in [0.5, 0.6) is 0 Å². The van der Waals surface area contributed by atoms with Crippen molar-refractivity contribution in [1.82, 2.24) is 4.31 Å². The lowest BCUT2D eigenvalue weighted by molar-refractivity contribution is -0.0484. The molecule has 0 aromatic carbocycles. The number of halogens is 4. The van der Waals surface area contributed by atoms with Gasteiger partial charge < -0.3 is 0 Å². The lowest BCUT2D eigenvalue weighted by atomic mass is 9.89. The molecule has 0 atom stereocenters. The first-order valence-electron chi connectivity index (χ1n) is 6.58. The number of rotatable bonds is 6. The molecule has 0 aliphatic heterocycles. The van der Waals surface area contributed by atoms with Gasteiger partial charge in [-0.25, -0.2) is 8.42 Å². The summed E-state index contributed by atoms with van der Waals surface area (Å²) in [7, 11) is -5.25. The first kappa shape index (κ1) is 18.0. The molecular formula is C12H19BrF3NO2S. The van der Waals surface area contributed by atoms with Gasteiger partial charge in [0.05, 0.1) is 0 Å². The van der Waals surface area contributed by atoms with E-state index in [0.29, 0.717) is 10.2 Å². The molecule has 0 heterocycles. The van der Waals surface area contributed by atoms with Crippen molar-refractivity contribution in [2.75, 3.05) is 18.4 Å². The van der Waals surface area contributed by atoms with Crippen molar-refractivity contribution in [3.63, 3.8) is 0 Å². The van der Waals surface area contributed by atoms with Crippen LogP contribution in [0.25, 0.3) is 0 Å². The van der Waals surface area contributed by atoms with Crippen LogP contribution in [0.15, 0.2) is 12.2 Å². The maximum atomic E-state index is 12.5. The predicted octanol–water partition coefficient (Wildman–Crippen LogP) is 3.67. The predicted molar refractivity (Wildman–Crippen MR) is 76.1 cm³/mol. The highest BCUT2D eigenvalue weighted by Crippen LogP contribution is 2.27. The third-order valence-corrected chi connectivity index (χ3v) is 5.28. The normalized spacial score (nSPS) is 19.1. The van der Waals surface area contributed by atoms with Crippen molar-refractivity contribution in [3.8, 4) is 0 Å². The van der Waals surface area contributed by atoms with Gasteiger partial charge in [0.1, 0.15) is 0 Å². The molecule has 0 N–H and O–H groups in total. The summed E-state index contributed by atoms with van der Waals surface area (Å²) in [5, 5.41) is 0.166. The fraction of sp³-hybridized carbons (Fsp3) is 0.833. The molecule has 8 heteroatoms. The van der Waals surface area contributed by atoms with Crippen LogP contribution >= 0.6 is 15.9 Å². The molecule has 0 aromatic heterocycles. The molecule has 0 spiro atoms. The van der Waals surface area contributed by atoms with Crippen LogP contribution in [-0.2, 0) is 10.0 Å². The number of allylic oxidation sites excluding steroid dienone is 1. The molecule has 20 heavy (non-hydrogen) atoms. The minimum atomic E-state index is -5.25. The van der Waals surface area contributed by atoms with Gasteiger partial charge in [0.15, 0.2) is 0 Å². The molecular weight excluding hydrogens is 359 g/mol. The second kappa shape index (κ2) is 7.79. The molecule has 1 aliphatic rings. The monoisotopic (exact) mass is 377 g/mol. The Morgan fingerprint density at radius 2 is 1.80 bits per heavy atom. The third kappa shape index (κ3) is 5.04. The molecule has 1 saturated carbocycles. The van der Waals surface area contributed by atoms with Crippen molar-refractivity contribution >= 4 is 26.0 Å². The van der Waals surface area contributed by atoms with E-state index in [-0.39, 0.29) is 18.4 Å². The average Bonchev–Trinajstić information content (AvgIpc) is 2.37. The zero-order chi connectivity index (χ0) is 15.2. The molecule has 0 bridgehead atoms. The Balaban J connectivity index is 2.65. The fourth-order valence-electron chi connectivity index (χ4n) is 2.25. The number of sulfonamides is 1. The fourth-order valence-corrected chi connectivity index (χ4v) is 3.82. The second-order valence-corrected chi connectivity index (χ2v) is 7.55. The summed E-state index contributed by atoms with van der Waals surface area (Å²) in [6.45, 7) is -0.430. The van der Waals surface area contributed by atoms with E-state index in [1.807, 2.05) is 6.08 Å². The van der Waals surface area contributed by atoms with Crippen molar-refractivity contribution in [2.45, 2.75) is 37.6 Å². The first-order chi connectivity index (χ1) is 9.29. The van der Waals surface area contributed by atoms with Gasteiger partial charge in [-0.3, -0.25) is 0 Å². The van der Waals surface area contributed by atoms with Crippen molar-refractivity contribution in [2.24, 2.45) is 5.92 Å². The summed E-state index contributed by atoms with van der Waals surface area (Å²) in [6.07, 6.45) is 8.90. The van der Waals surface area contributed by atoms with Crippen molar-refractivity contribution in [3.05, 3.63) is 12.2 Å². The Morgan fingerprint density at radius 1 is 1.20 bits per heavy atom. The van der Waals surface area contributed by atoms with Crippen LogP contribution in [0, 0.1) is 5.92 Å². The molecule has 3 nitrogen and oxygen atoms in total. The zero-order valence-electron chi connectivity index (χ0n) is 11.1. The van der Waals surface area contributed by atoms with Gasteiger partial charge in [-0.15, -0.1) is 0 Å². The van der Waals surface area contributed by atoms with Crippen LogP contribution in [0.4, 0.5) is 13.2 Å². The van der Waals surface area contributed by atoms with Crippen LogP contribution in [0.1, 0.15) is 32.1 Å².